The Hall–Kier alpha value is -9.96. The number of fused-ring (bicyclic) bond motifs is 14. The molecule has 0 bridgehead atoms. The van der Waals surface area contributed by atoms with Crippen LogP contribution >= 0.6 is 0 Å². The van der Waals surface area contributed by atoms with E-state index in [0.717, 1.165) is 61.8 Å². The molecule has 0 amide bonds. The summed E-state index contributed by atoms with van der Waals surface area (Å²) in [6.45, 7) is 0. The van der Waals surface area contributed by atoms with Crippen molar-refractivity contribution in [2.45, 2.75) is 6.42 Å². The van der Waals surface area contributed by atoms with Gasteiger partial charge in [0.2, 0.25) is 0 Å². The Morgan fingerprint density at radius 1 is 0.276 bits per heavy atom. The quantitative estimate of drug-likeness (QED) is 0.156. The number of furan rings is 1. The van der Waals surface area contributed by atoms with Crippen LogP contribution in [0.3, 0.4) is 0 Å². The fourth-order valence-corrected chi connectivity index (χ4v) is 12.7. The third-order valence-corrected chi connectivity index (χ3v) is 16.1. The molecule has 15 aromatic rings. The molecule has 354 valence electrons. The number of hydrogen-bond acceptors (Lipinski definition) is 1. The number of hydrogen-bond donors (Lipinski definition) is 0. The lowest BCUT2D eigenvalue weighted by Gasteiger charge is -2.17. The van der Waals surface area contributed by atoms with Crippen molar-refractivity contribution >= 4 is 65.6 Å². The monoisotopic (exact) mass is 966 g/mol. The van der Waals surface area contributed by atoms with Gasteiger partial charge in [0.15, 0.2) is 0 Å². The van der Waals surface area contributed by atoms with E-state index >= 15 is 0 Å². The first-order valence-corrected chi connectivity index (χ1v) is 26.3. The molecule has 0 saturated carbocycles. The minimum Gasteiger partial charge on any atom is -0.456 e. The minimum absolute atomic E-state index is 0.863. The fraction of sp³-hybridized carbons (Fsp3) is 0.0137. The van der Waals surface area contributed by atoms with Crippen molar-refractivity contribution in [1.82, 2.24) is 9.13 Å². The highest BCUT2D eigenvalue weighted by atomic mass is 16.3. The third kappa shape index (κ3) is 6.56. The lowest BCUT2D eigenvalue weighted by atomic mass is 9.87. The Morgan fingerprint density at radius 2 is 0.789 bits per heavy atom. The lowest BCUT2D eigenvalue weighted by molar-refractivity contribution is 0.669. The van der Waals surface area contributed by atoms with Crippen LogP contribution in [0.1, 0.15) is 11.1 Å². The maximum Gasteiger partial charge on any atom is 0.137 e. The second kappa shape index (κ2) is 16.8. The van der Waals surface area contributed by atoms with E-state index in [1.165, 1.54) is 99.4 Å². The van der Waals surface area contributed by atoms with E-state index in [4.69, 9.17) is 4.42 Å². The van der Waals surface area contributed by atoms with Gasteiger partial charge >= 0.3 is 0 Å². The molecule has 3 heteroatoms. The normalized spacial score (nSPS) is 12.2. The summed E-state index contributed by atoms with van der Waals surface area (Å²) in [5.74, 6) is 0. The zero-order chi connectivity index (χ0) is 49.8. The first-order chi connectivity index (χ1) is 37.7. The van der Waals surface area contributed by atoms with E-state index in [9.17, 15) is 0 Å². The zero-order valence-corrected chi connectivity index (χ0v) is 41.4. The van der Waals surface area contributed by atoms with Gasteiger partial charge in [-0.1, -0.05) is 182 Å². The van der Waals surface area contributed by atoms with Crippen LogP contribution in [0.15, 0.2) is 271 Å². The Balaban J connectivity index is 0.890. The highest BCUT2D eigenvalue weighted by Gasteiger charge is 2.27. The first-order valence-electron chi connectivity index (χ1n) is 26.3. The lowest BCUT2D eigenvalue weighted by Crippen LogP contribution is -1.95. The molecule has 3 aromatic heterocycles. The molecule has 0 radical (unpaired) electrons. The zero-order valence-electron chi connectivity index (χ0n) is 41.4. The Kier molecular flexibility index (Phi) is 9.40. The van der Waals surface area contributed by atoms with Crippen molar-refractivity contribution < 1.29 is 4.42 Å². The SMILES string of the molecule is c1ccc(-c2cc(-c3ccccc3)cc(-c3cc(-c4ccc5c(c4)Cc4ccc6c7ccccc7n(-c7ccccc7)c6c4-5)ccc3-c3ccc4c(c3)oc3ccc5c6ccccc6n(-c6ccccc6)c5c34)c2)cc1. The summed E-state index contributed by atoms with van der Waals surface area (Å²) >= 11 is 0. The summed E-state index contributed by atoms with van der Waals surface area (Å²) < 4.78 is 11.8. The van der Waals surface area contributed by atoms with Gasteiger partial charge in [0.25, 0.3) is 0 Å². The summed E-state index contributed by atoms with van der Waals surface area (Å²) in [6.07, 6.45) is 0.880. The van der Waals surface area contributed by atoms with Gasteiger partial charge < -0.3 is 13.6 Å². The molecule has 0 atom stereocenters. The first kappa shape index (κ1) is 42.5. The largest absolute Gasteiger partial charge is 0.456 e. The summed E-state index contributed by atoms with van der Waals surface area (Å²) in [5.41, 5.74) is 25.9. The molecule has 3 nitrogen and oxygen atoms in total. The molecule has 76 heavy (non-hydrogen) atoms. The van der Waals surface area contributed by atoms with Crippen LogP contribution in [-0.2, 0) is 6.42 Å². The predicted octanol–water partition coefficient (Wildman–Crippen LogP) is 19.7. The van der Waals surface area contributed by atoms with Crippen LogP contribution in [0, 0.1) is 0 Å². The molecule has 1 aliphatic carbocycles. The maximum absolute atomic E-state index is 6.93. The fourth-order valence-electron chi connectivity index (χ4n) is 12.7. The van der Waals surface area contributed by atoms with Gasteiger partial charge in [0.05, 0.1) is 27.5 Å². The number of nitrogens with zero attached hydrogens (tertiary/aromatic N) is 2. The molecule has 1 aliphatic rings. The van der Waals surface area contributed by atoms with Gasteiger partial charge in [-0.3, -0.25) is 0 Å². The second-order valence-electron chi connectivity index (χ2n) is 20.4. The number of rotatable bonds is 7. The van der Waals surface area contributed by atoms with E-state index < -0.39 is 0 Å². The third-order valence-electron chi connectivity index (χ3n) is 16.1. The van der Waals surface area contributed by atoms with Crippen LogP contribution in [0.5, 0.6) is 0 Å². The van der Waals surface area contributed by atoms with Gasteiger partial charge in [0.1, 0.15) is 11.2 Å². The highest BCUT2D eigenvalue weighted by Crippen LogP contribution is 2.48. The van der Waals surface area contributed by atoms with Gasteiger partial charge in [-0.15, -0.1) is 0 Å². The summed E-state index contributed by atoms with van der Waals surface area (Å²) in [4.78, 5) is 0. The molecule has 16 rings (SSSR count). The summed E-state index contributed by atoms with van der Waals surface area (Å²) in [6, 6.07) is 97.9. The van der Waals surface area contributed by atoms with Gasteiger partial charge in [-0.05, 0) is 164 Å². The topological polar surface area (TPSA) is 23.0 Å². The Labute approximate surface area is 439 Å². The van der Waals surface area contributed by atoms with Gasteiger partial charge in [-0.2, -0.15) is 0 Å². The smallest absolute Gasteiger partial charge is 0.137 e. The molecular weight excluding hydrogens is 921 g/mol. The number of benzene rings is 12. The predicted molar refractivity (Wildman–Crippen MR) is 318 cm³/mol. The van der Waals surface area contributed by atoms with Gasteiger partial charge in [-0.25, -0.2) is 0 Å². The van der Waals surface area contributed by atoms with Crippen molar-refractivity contribution in [3.05, 3.63) is 278 Å². The molecule has 0 saturated heterocycles. The Bertz CT molecular complexity index is 4750. The van der Waals surface area contributed by atoms with Crippen molar-refractivity contribution in [1.29, 1.82) is 0 Å². The van der Waals surface area contributed by atoms with Crippen molar-refractivity contribution in [2.75, 3.05) is 0 Å². The maximum atomic E-state index is 6.93. The average molecular weight is 967 g/mol. The van der Waals surface area contributed by atoms with E-state index in [1.54, 1.807) is 0 Å². The van der Waals surface area contributed by atoms with E-state index in [1.807, 2.05) is 0 Å². The van der Waals surface area contributed by atoms with Crippen LogP contribution in [0.25, 0.3) is 144 Å². The van der Waals surface area contributed by atoms with Crippen molar-refractivity contribution in [2.24, 2.45) is 0 Å². The Morgan fingerprint density at radius 3 is 1.45 bits per heavy atom. The van der Waals surface area contributed by atoms with Gasteiger partial charge in [0, 0.05) is 43.9 Å². The summed E-state index contributed by atoms with van der Waals surface area (Å²) in [5, 5.41) is 7.22. The van der Waals surface area contributed by atoms with Crippen LogP contribution in [-0.4, -0.2) is 9.13 Å². The second-order valence-corrected chi connectivity index (χ2v) is 20.4. The van der Waals surface area contributed by atoms with Crippen molar-refractivity contribution in [3.8, 4) is 78.1 Å². The average Bonchev–Trinajstić information content (AvgIpc) is 4.31. The van der Waals surface area contributed by atoms with E-state index in [0.29, 0.717) is 0 Å². The molecule has 12 aromatic carbocycles. The molecule has 3 heterocycles. The number of aromatic nitrogens is 2. The molecule has 0 aliphatic heterocycles. The molecule has 0 spiro atoms. The summed E-state index contributed by atoms with van der Waals surface area (Å²) in [7, 11) is 0. The molecular formula is C73H46N2O. The standard InChI is InChI=1S/C73H46N2O/c1-5-17-46(18-6-1)52-41-53(47-19-7-2-8-20-47)43-55(42-52)65-44-49(48-30-34-59-54(39-48)40-51-32-35-62-60-25-13-15-27-66(60)74(72(62)70(51)59)56-21-9-3-10-22-56)29-33-58(65)50-31-36-64-69(45-50)76-68-38-37-63-61-26-14-16-28-67(61)75(73(63)71(64)68)57-23-11-4-12-24-57/h1-39,41-45H,40H2. The number of para-hydroxylation sites is 4. The molecule has 0 N–H and O–H groups in total. The molecule has 0 unspecified atom stereocenters. The van der Waals surface area contributed by atoms with Crippen LogP contribution < -0.4 is 0 Å². The van der Waals surface area contributed by atoms with Crippen LogP contribution in [0.4, 0.5) is 0 Å². The van der Waals surface area contributed by atoms with Crippen molar-refractivity contribution in [3.63, 3.8) is 0 Å². The molecule has 0 fully saturated rings. The minimum atomic E-state index is 0.863. The van der Waals surface area contributed by atoms with E-state index in [-0.39, 0.29) is 0 Å². The highest BCUT2D eigenvalue weighted by molar-refractivity contribution is 6.25. The van der Waals surface area contributed by atoms with Crippen LogP contribution in [0.2, 0.25) is 0 Å². The van der Waals surface area contributed by atoms with E-state index in [2.05, 4.69) is 276 Å².